The molecule has 0 aliphatic rings. The van der Waals surface area contributed by atoms with Crippen molar-refractivity contribution in [2.75, 3.05) is 0 Å². The van der Waals surface area contributed by atoms with Crippen molar-refractivity contribution in [3.63, 3.8) is 0 Å². The molecule has 1 heterocycles. The van der Waals surface area contributed by atoms with Crippen LogP contribution in [0.15, 0.2) is 6.07 Å². The maximum absolute atomic E-state index is 5.88. The summed E-state index contributed by atoms with van der Waals surface area (Å²) in [5.74, 6) is 0.525. The summed E-state index contributed by atoms with van der Waals surface area (Å²) in [6.45, 7) is 12.1. The number of halogens is 1. The van der Waals surface area contributed by atoms with Crippen LogP contribution in [-0.2, 0) is 5.41 Å². The van der Waals surface area contributed by atoms with Gasteiger partial charge in [-0.25, -0.2) is 4.98 Å². The van der Waals surface area contributed by atoms with E-state index in [4.69, 9.17) is 16.3 Å². The molecule has 0 fully saturated rings. The Morgan fingerprint density at radius 1 is 1.06 bits per heavy atom. The monoisotopic (exact) mass is 242 g/mol. The number of nitrogens with zero attached hydrogens (tertiary/aromatic N) is 2. The summed E-state index contributed by atoms with van der Waals surface area (Å²) in [4.78, 5) is 8.27. The number of hydrogen-bond donors (Lipinski definition) is 0. The summed E-state index contributed by atoms with van der Waals surface area (Å²) in [6.07, 6.45) is 0. The van der Waals surface area contributed by atoms with Crippen LogP contribution >= 0.6 is 11.6 Å². The molecule has 1 aromatic heterocycles. The van der Waals surface area contributed by atoms with E-state index in [1.807, 2.05) is 26.8 Å². The van der Waals surface area contributed by atoms with Gasteiger partial charge in [0, 0.05) is 11.5 Å². The largest absolute Gasteiger partial charge is 0.472 e. The van der Waals surface area contributed by atoms with E-state index in [0.717, 1.165) is 5.69 Å². The first-order chi connectivity index (χ1) is 7.08. The fraction of sp³-hybridized carbons (Fsp3) is 0.667. The summed E-state index contributed by atoms with van der Waals surface area (Å²) >= 11 is 5.88. The van der Waals surface area contributed by atoms with E-state index in [-0.39, 0.29) is 16.3 Å². The number of aromatic nitrogens is 2. The maximum Gasteiger partial charge on any atom is 0.225 e. The molecule has 0 unspecified atom stereocenters. The summed E-state index contributed by atoms with van der Waals surface area (Å²) < 4.78 is 5.68. The van der Waals surface area contributed by atoms with Gasteiger partial charge in [0.25, 0.3) is 0 Å². The SMILES string of the molecule is CC(C)(C)Oc1cc(C(C)(C)C)nc(Cl)n1. The van der Waals surface area contributed by atoms with Crippen molar-refractivity contribution in [1.82, 2.24) is 9.97 Å². The first kappa shape index (κ1) is 13.2. The van der Waals surface area contributed by atoms with Gasteiger partial charge in [-0.1, -0.05) is 20.8 Å². The lowest BCUT2D eigenvalue weighted by molar-refractivity contribution is 0.123. The molecule has 0 spiro atoms. The lowest BCUT2D eigenvalue weighted by Gasteiger charge is -2.23. The minimum absolute atomic E-state index is 0.0669. The highest BCUT2D eigenvalue weighted by atomic mass is 35.5. The van der Waals surface area contributed by atoms with Crippen LogP contribution in [0, 0.1) is 0 Å². The van der Waals surface area contributed by atoms with Crippen LogP contribution in [0.5, 0.6) is 5.88 Å². The van der Waals surface area contributed by atoms with Gasteiger partial charge in [-0.15, -0.1) is 0 Å². The molecule has 0 N–H and O–H groups in total. The van der Waals surface area contributed by atoms with Crippen LogP contribution in [0.1, 0.15) is 47.2 Å². The van der Waals surface area contributed by atoms with E-state index < -0.39 is 0 Å². The van der Waals surface area contributed by atoms with Gasteiger partial charge in [0.05, 0.1) is 5.69 Å². The predicted octanol–water partition coefficient (Wildman–Crippen LogP) is 3.60. The van der Waals surface area contributed by atoms with Crippen LogP contribution in [0.4, 0.5) is 0 Å². The van der Waals surface area contributed by atoms with Crippen molar-refractivity contribution in [3.05, 3.63) is 17.0 Å². The van der Waals surface area contributed by atoms with Gasteiger partial charge in [0.1, 0.15) is 5.60 Å². The number of hydrogen-bond acceptors (Lipinski definition) is 3. The van der Waals surface area contributed by atoms with Crippen molar-refractivity contribution in [2.45, 2.75) is 52.6 Å². The van der Waals surface area contributed by atoms with Crippen molar-refractivity contribution in [2.24, 2.45) is 0 Å². The third-order valence-electron chi connectivity index (χ3n) is 1.85. The molecule has 4 heteroatoms. The van der Waals surface area contributed by atoms with Crippen molar-refractivity contribution in [3.8, 4) is 5.88 Å². The molecular weight excluding hydrogens is 224 g/mol. The molecule has 16 heavy (non-hydrogen) atoms. The maximum atomic E-state index is 5.88. The second-order valence-corrected chi connectivity index (χ2v) is 6.16. The van der Waals surface area contributed by atoms with Crippen molar-refractivity contribution < 1.29 is 4.74 Å². The van der Waals surface area contributed by atoms with Gasteiger partial charge in [0.15, 0.2) is 0 Å². The Morgan fingerprint density at radius 2 is 1.62 bits per heavy atom. The van der Waals surface area contributed by atoms with E-state index in [1.54, 1.807) is 0 Å². The summed E-state index contributed by atoms with van der Waals surface area (Å²) in [5, 5.41) is 0.228. The molecule has 0 aliphatic carbocycles. The Morgan fingerprint density at radius 3 is 2.06 bits per heavy atom. The highest BCUT2D eigenvalue weighted by Crippen LogP contribution is 2.26. The van der Waals surface area contributed by atoms with Crippen LogP contribution in [-0.4, -0.2) is 15.6 Å². The fourth-order valence-electron chi connectivity index (χ4n) is 1.15. The first-order valence-electron chi connectivity index (χ1n) is 5.32. The zero-order valence-corrected chi connectivity index (χ0v) is 11.5. The summed E-state index contributed by atoms with van der Waals surface area (Å²) in [7, 11) is 0. The van der Waals surface area contributed by atoms with E-state index in [1.165, 1.54) is 0 Å². The zero-order chi connectivity index (χ0) is 12.6. The first-order valence-corrected chi connectivity index (χ1v) is 5.70. The lowest BCUT2D eigenvalue weighted by atomic mass is 9.92. The lowest BCUT2D eigenvalue weighted by Crippen LogP contribution is -2.24. The molecule has 1 aromatic rings. The predicted molar refractivity (Wildman–Crippen MR) is 66.1 cm³/mol. The minimum Gasteiger partial charge on any atom is -0.472 e. The van der Waals surface area contributed by atoms with Crippen molar-refractivity contribution >= 4 is 11.6 Å². The van der Waals surface area contributed by atoms with Gasteiger partial charge < -0.3 is 4.74 Å². The van der Waals surface area contributed by atoms with Crippen molar-refractivity contribution in [1.29, 1.82) is 0 Å². The van der Waals surface area contributed by atoms with E-state index in [0.29, 0.717) is 5.88 Å². The topological polar surface area (TPSA) is 35.0 Å². The highest BCUT2D eigenvalue weighted by Gasteiger charge is 2.20. The molecule has 0 saturated heterocycles. The minimum atomic E-state index is -0.285. The molecule has 0 atom stereocenters. The van der Waals surface area contributed by atoms with Crippen LogP contribution in [0.25, 0.3) is 0 Å². The smallest absolute Gasteiger partial charge is 0.225 e. The third kappa shape index (κ3) is 3.97. The Kier molecular flexibility index (Phi) is 3.48. The zero-order valence-electron chi connectivity index (χ0n) is 10.8. The van der Waals surface area contributed by atoms with E-state index in [9.17, 15) is 0 Å². The molecule has 1 rings (SSSR count). The number of ether oxygens (including phenoxy) is 1. The fourth-order valence-corrected chi connectivity index (χ4v) is 1.32. The molecule has 0 amide bonds. The van der Waals surface area contributed by atoms with Gasteiger partial charge in [0.2, 0.25) is 11.2 Å². The Bertz CT molecular complexity index is 378. The van der Waals surface area contributed by atoms with Gasteiger partial charge >= 0.3 is 0 Å². The molecular formula is C12H19ClN2O. The summed E-state index contributed by atoms with van der Waals surface area (Å²) in [6, 6.07) is 1.84. The molecule has 0 saturated carbocycles. The van der Waals surface area contributed by atoms with Crippen LogP contribution < -0.4 is 4.74 Å². The Labute approximate surface area is 102 Å². The quantitative estimate of drug-likeness (QED) is 0.706. The van der Waals surface area contributed by atoms with E-state index in [2.05, 4.69) is 30.7 Å². The second-order valence-electron chi connectivity index (χ2n) is 5.82. The molecule has 3 nitrogen and oxygen atoms in total. The van der Waals surface area contributed by atoms with E-state index >= 15 is 0 Å². The average Bonchev–Trinajstić information content (AvgIpc) is 1.97. The van der Waals surface area contributed by atoms with Gasteiger partial charge in [-0.05, 0) is 32.4 Å². The van der Waals surface area contributed by atoms with Crippen LogP contribution in [0.3, 0.4) is 0 Å². The summed E-state index contributed by atoms with van der Waals surface area (Å²) in [5.41, 5.74) is 0.529. The van der Waals surface area contributed by atoms with Gasteiger partial charge in [-0.3, -0.25) is 0 Å². The Hall–Kier alpha value is -0.830. The molecule has 0 aromatic carbocycles. The highest BCUT2D eigenvalue weighted by molar-refractivity contribution is 6.28. The Balaban J connectivity index is 3.09. The van der Waals surface area contributed by atoms with Crippen LogP contribution in [0.2, 0.25) is 5.28 Å². The standard InChI is InChI=1S/C12H19ClN2O/c1-11(2,3)8-7-9(15-10(13)14-8)16-12(4,5)6/h7H,1-6H3. The third-order valence-corrected chi connectivity index (χ3v) is 2.02. The van der Waals surface area contributed by atoms with Gasteiger partial charge in [-0.2, -0.15) is 4.98 Å². The average molecular weight is 243 g/mol. The molecule has 0 radical (unpaired) electrons. The number of rotatable bonds is 1. The normalized spacial score (nSPS) is 12.7. The molecule has 0 aliphatic heterocycles. The molecule has 0 bridgehead atoms. The molecule has 90 valence electrons. The second kappa shape index (κ2) is 4.21.